The predicted molar refractivity (Wildman–Crippen MR) is 113 cm³/mol. The molecule has 29 heavy (non-hydrogen) atoms. The molecule has 5 nitrogen and oxygen atoms in total. The number of amides is 1. The summed E-state index contributed by atoms with van der Waals surface area (Å²) in [6.07, 6.45) is -0.497. The zero-order valence-corrected chi connectivity index (χ0v) is 17.9. The van der Waals surface area contributed by atoms with Crippen LogP contribution in [0, 0.1) is 20.8 Å². The quantitative estimate of drug-likeness (QED) is 0.710. The molecule has 0 saturated carbocycles. The van der Waals surface area contributed by atoms with Crippen molar-refractivity contribution in [3.63, 3.8) is 0 Å². The van der Waals surface area contributed by atoms with Crippen molar-refractivity contribution in [1.29, 1.82) is 0 Å². The fourth-order valence-corrected chi connectivity index (χ4v) is 3.72. The van der Waals surface area contributed by atoms with E-state index < -0.39 is 6.10 Å². The second kappa shape index (κ2) is 9.90. The molecule has 1 fully saturated rings. The molecule has 1 aliphatic rings. The maximum atomic E-state index is 12.8. The van der Waals surface area contributed by atoms with Crippen LogP contribution < -0.4 is 4.74 Å². The highest BCUT2D eigenvalue weighted by Gasteiger charge is 2.27. The zero-order chi connectivity index (χ0) is 20.8. The van der Waals surface area contributed by atoms with Gasteiger partial charge in [-0.2, -0.15) is 0 Å². The molecule has 156 valence electrons. The molecular formula is C24H31NO4. The van der Waals surface area contributed by atoms with E-state index in [1.165, 1.54) is 5.56 Å². The molecule has 0 radical (unpaired) electrons. The van der Waals surface area contributed by atoms with Crippen molar-refractivity contribution in [3.05, 3.63) is 64.2 Å². The lowest BCUT2D eigenvalue weighted by molar-refractivity contribution is -0.158. The summed E-state index contributed by atoms with van der Waals surface area (Å²) >= 11 is 0. The summed E-state index contributed by atoms with van der Waals surface area (Å²) in [5.41, 5.74) is 5.63. The first-order chi connectivity index (χ1) is 14.0. The first-order valence-corrected chi connectivity index (χ1v) is 10.2. The Morgan fingerprint density at radius 2 is 1.86 bits per heavy atom. The van der Waals surface area contributed by atoms with E-state index in [0.717, 1.165) is 28.0 Å². The molecule has 0 spiro atoms. The molecule has 0 N–H and O–H groups in total. The SMILES string of the molecule is CCN(Cc1cc(C)c(OCc2cccc(C)c2)c(C)c1)C(=O)[C@H]1COCCO1. The van der Waals surface area contributed by atoms with E-state index in [1.807, 2.05) is 17.9 Å². The highest BCUT2D eigenvalue weighted by atomic mass is 16.6. The topological polar surface area (TPSA) is 48.0 Å². The first kappa shape index (κ1) is 21.3. The van der Waals surface area contributed by atoms with E-state index >= 15 is 0 Å². The van der Waals surface area contributed by atoms with E-state index in [2.05, 4.69) is 51.1 Å². The third-order valence-corrected chi connectivity index (χ3v) is 5.14. The number of likely N-dealkylation sites (N-methyl/N-ethyl adjacent to an activating group) is 1. The number of ether oxygens (including phenoxy) is 3. The molecule has 0 aliphatic carbocycles. The van der Waals surface area contributed by atoms with E-state index in [0.29, 0.717) is 39.5 Å². The lowest BCUT2D eigenvalue weighted by Crippen LogP contribution is -2.45. The summed E-state index contributed by atoms with van der Waals surface area (Å²) in [5, 5.41) is 0. The molecule has 5 heteroatoms. The van der Waals surface area contributed by atoms with Crippen molar-refractivity contribution in [1.82, 2.24) is 4.90 Å². The molecule has 0 bridgehead atoms. The van der Waals surface area contributed by atoms with Crippen molar-refractivity contribution in [2.45, 2.75) is 47.0 Å². The summed E-state index contributed by atoms with van der Waals surface area (Å²) in [7, 11) is 0. The van der Waals surface area contributed by atoms with Crippen LogP contribution in [0.15, 0.2) is 36.4 Å². The van der Waals surface area contributed by atoms with E-state index in [4.69, 9.17) is 14.2 Å². The minimum absolute atomic E-state index is 0.0118. The van der Waals surface area contributed by atoms with Gasteiger partial charge in [-0.15, -0.1) is 0 Å². The Labute approximate surface area is 173 Å². The molecule has 3 rings (SSSR count). The zero-order valence-electron chi connectivity index (χ0n) is 17.9. The van der Waals surface area contributed by atoms with Crippen molar-refractivity contribution in [2.24, 2.45) is 0 Å². The molecule has 2 aromatic carbocycles. The minimum atomic E-state index is -0.497. The number of carbonyl (C=O) groups is 1. The van der Waals surface area contributed by atoms with Gasteiger partial charge in [0.1, 0.15) is 12.4 Å². The van der Waals surface area contributed by atoms with Crippen LogP contribution >= 0.6 is 0 Å². The molecule has 1 saturated heterocycles. The second-order valence-corrected chi connectivity index (χ2v) is 7.62. The van der Waals surface area contributed by atoms with Gasteiger partial charge in [-0.05, 0) is 49.9 Å². The molecule has 0 unspecified atom stereocenters. The van der Waals surface area contributed by atoms with Gasteiger partial charge in [-0.1, -0.05) is 42.0 Å². The fourth-order valence-electron chi connectivity index (χ4n) is 3.72. The van der Waals surface area contributed by atoms with Crippen molar-refractivity contribution in [2.75, 3.05) is 26.4 Å². The van der Waals surface area contributed by atoms with Gasteiger partial charge in [0.15, 0.2) is 6.10 Å². The summed E-state index contributed by atoms with van der Waals surface area (Å²) in [6.45, 7) is 11.3. The monoisotopic (exact) mass is 397 g/mol. The highest BCUT2D eigenvalue weighted by Crippen LogP contribution is 2.27. The fraction of sp³-hybridized carbons (Fsp3) is 0.458. The van der Waals surface area contributed by atoms with Crippen LogP contribution in [0.2, 0.25) is 0 Å². The van der Waals surface area contributed by atoms with Crippen molar-refractivity contribution < 1.29 is 19.0 Å². The van der Waals surface area contributed by atoms with Crippen molar-refractivity contribution in [3.8, 4) is 5.75 Å². The van der Waals surface area contributed by atoms with Crippen LogP contribution in [0.5, 0.6) is 5.75 Å². The normalized spacial score (nSPS) is 16.5. The van der Waals surface area contributed by atoms with Gasteiger partial charge >= 0.3 is 0 Å². The summed E-state index contributed by atoms with van der Waals surface area (Å²) in [4.78, 5) is 14.6. The van der Waals surface area contributed by atoms with Gasteiger partial charge in [0, 0.05) is 13.1 Å². The average molecular weight is 398 g/mol. The standard InChI is InChI=1S/C24H31NO4/c1-5-25(24(26)22-16-27-9-10-28-22)14-21-12-18(3)23(19(4)13-21)29-15-20-8-6-7-17(2)11-20/h6-8,11-13,22H,5,9-10,14-16H2,1-4H3/t22-/m1/s1. The number of hydrogen-bond donors (Lipinski definition) is 0. The van der Waals surface area contributed by atoms with Gasteiger partial charge in [0.25, 0.3) is 5.91 Å². The Hall–Kier alpha value is -2.37. The largest absolute Gasteiger partial charge is 0.488 e. The highest BCUT2D eigenvalue weighted by molar-refractivity contribution is 5.81. The van der Waals surface area contributed by atoms with Gasteiger partial charge in [-0.25, -0.2) is 0 Å². The maximum Gasteiger partial charge on any atom is 0.254 e. The molecule has 1 amide bonds. The lowest BCUT2D eigenvalue weighted by atomic mass is 10.0. The van der Waals surface area contributed by atoms with Gasteiger partial charge in [0.05, 0.1) is 19.8 Å². The number of hydrogen-bond acceptors (Lipinski definition) is 4. The van der Waals surface area contributed by atoms with Gasteiger partial charge in [0.2, 0.25) is 0 Å². The Morgan fingerprint density at radius 1 is 1.10 bits per heavy atom. The summed E-state index contributed by atoms with van der Waals surface area (Å²) in [5.74, 6) is 0.899. The Morgan fingerprint density at radius 3 is 2.48 bits per heavy atom. The molecule has 2 aromatic rings. The second-order valence-electron chi connectivity index (χ2n) is 7.62. The molecular weight excluding hydrogens is 366 g/mol. The summed E-state index contributed by atoms with van der Waals surface area (Å²) < 4.78 is 17.1. The van der Waals surface area contributed by atoms with E-state index in [1.54, 1.807) is 0 Å². The molecule has 1 aliphatic heterocycles. The molecule has 1 heterocycles. The van der Waals surface area contributed by atoms with Gasteiger partial charge < -0.3 is 19.1 Å². The number of aryl methyl sites for hydroxylation is 3. The summed E-state index contributed by atoms with van der Waals surface area (Å²) in [6, 6.07) is 12.6. The number of rotatable bonds is 7. The van der Waals surface area contributed by atoms with Crippen LogP contribution in [-0.2, 0) is 27.4 Å². The molecule has 0 aromatic heterocycles. The predicted octanol–water partition coefficient (Wildman–Crippen LogP) is 3.95. The van der Waals surface area contributed by atoms with Crippen LogP contribution in [0.4, 0.5) is 0 Å². The van der Waals surface area contributed by atoms with Crippen LogP contribution in [0.3, 0.4) is 0 Å². The van der Waals surface area contributed by atoms with Gasteiger partial charge in [-0.3, -0.25) is 4.79 Å². The van der Waals surface area contributed by atoms with E-state index in [9.17, 15) is 4.79 Å². The number of benzene rings is 2. The number of carbonyl (C=O) groups excluding carboxylic acids is 1. The Balaban J connectivity index is 1.68. The minimum Gasteiger partial charge on any atom is -0.488 e. The average Bonchev–Trinajstić information content (AvgIpc) is 2.71. The third kappa shape index (κ3) is 5.58. The first-order valence-electron chi connectivity index (χ1n) is 10.2. The van der Waals surface area contributed by atoms with Crippen LogP contribution in [0.1, 0.15) is 34.7 Å². The molecule has 1 atom stereocenters. The number of nitrogens with zero attached hydrogens (tertiary/aromatic N) is 1. The lowest BCUT2D eigenvalue weighted by Gasteiger charge is -2.29. The van der Waals surface area contributed by atoms with Crippen LogP contribution in [0.25, 0.3) is 0 Å². The van der Waals surface area contributed by atoms with Crippen molar-refractivity contribution >= 4 is 5.91 Å². The van der Waals surface area contributed by atoms with E-state index in [-0.39, 0.29) is 5.91 Å². The Kier molecular flexibility index (Phi) is 7.29. The maximum absolute atomic E-state index is 12.8. The third-order valence-electron chi connectivity index (χ3n) is 5.14. The smallest absolute Gasteiger partial charge is 0.254 e. The Bertz CT molecular complexity index is 820. The van der Waals surface area contributed by atoms with Crippen LogP contribution in [-0.4, -0.2) is 43.3 Å².